The van der Waals surface area contributed by atoms with Crippen LogP contribution in [-0.4, -0.2) is 34.0 Å². The zero-order valence-corrected chi connectivity index (χ0v) is 17.4. The van der Waals surface area contributed by atoms with E-state index in [1.807, 2.05) is 6.92 Å². The molecule has 0 aliphatic heterocycles. The fourth-order valence-corrected chi connectivity index (χ4v) is 3.38. The van der Waals surface area contributed by atoms with Crippen LogP contribution in [0.1, 0.15) is 38.2 Å². The largest absolute Gasteiger partial charge is 0.357 e. The van der Waals surface area contributed by atoms with Crippen LogP contribution < -0.4 is 15.4 Å². The molecule has 6 nitrogen and oxygen atoms in total. The van der Waals surface area contributed by atoms with Gasteiger partial charge in [-0.25, -0.2) is 18.1 Å². The molecule has 1 aliphatic carbocycles. The van der Waals surface area contributed by atoms with Gasteiger partial charge in [0.05, 0.1) is 11.4 Å². The fraction of sp³-hybridized carbons (Fsp3) is 0.562. The monoisotopic (exact) mass is 466 g/mol. The van der Waals surface area contributed by atoms with Crippen LogP contribution in [0.15, 0.2) is 34.2 Å². The average Bonchev–Trinajstić information content (AvgIpc) is 3.06. The van der Waals surface area contributed by atoms with Gasteiger partial charge in [0.1, 0.15) is 0 Å². The Labute approximate surface area is 162 Å². The summed E-state index contributed by atoms with van der Waals surface area (Å²) in [5.41, 5.74) is 0.976. The number of rotatable bonds is 6. The molecule has 0 amide bonds. The third kappa shape index (κ3) is 6.21. The minimum absolute atomic E-state index is 0. The van der Waals surface area contributed by atoms with Crippen molar-refractivity contribution in [3.63, 3.8) is 0 Å². The Morgan fingerprint density at radius 3 is 2.38 bits per heavy atom. The van der Waals surface area contributed by atoms with Crippen LogP contribution in [0.4, 0.5) is 0 Å². The van der Waals surface area contributed by atoms with E-state index in [2.05, 4.69) is 20.3 Å². The molecule has 136 valence electrons. The van der Waals surface area contributed by atoms with Gasteiger partial charge in [-0.05, 0) is 44.5 Å². The molecular formula is C16H27IN4O2S. The normalized spacial score (nSPS) is 15.8. The smallest absolute Gasteiger partial charge is 0.240 e. The topological polar surface area (TPSA) is 82.6 Å². The second-order valence-electron chi connectivity index (χ2n) is 5.67. The van der Waals surface area contributed by atoms with Gasteiger partial charge in [0.15, 0.2) is 5.96 Å². The summed E-state index contributed by atoms with van der Waals surface area (Å²) in [4.78, 5) is 4.86. The zero-order valence-electron chi connectivity index (χ0n) is 14.2. The summed E-state index contributed by atoms with van der Waals surface area (Å²) < 4.78 is 25.7. The van der Waals surface area contributed by atoms with Crippen LogP contribution in [0.2, 0.25) is 0 Å². The molecule has 1 saturated carbocycles. The number of nitrogens with one attached hydrogen (secondary N) is 3. The van der Waals surface area contributed by atoms with Crippen LogP contribution >= 0.6 is 24.0 Å². The van der Waals surface area contributed by atoms with Gasteiger partial charge in [-0.15, -0.1) is 24.0 Å². The molecule has 0 unspecified atom stereocenters. The molecule has 0 radical (unpaired) electrons. The first kappa shape index (κ1) is 21.2. The maximum absolute atomic E-state index is 11.7. The third-order valence-corrected chi connectivity index (χ3v) is 5.39. The van der Waals surface area contributed by atoms with E-state index in [1.165, 1.54) is 32.7 Å². The van der Waals surface area contributed by atoms with Gasteiger partial charge in [-0.3, -0.25) is 0 Å². The van der Waals surface area contributed by atoms with Crippen molar-refractivity contribution in [3.8, 4) is 0 Å². The van der Waals surface area contributed by atoms with Crippen molar-refractivity contribution in [2.24, 2.45) is 4.99 Å². The number of guanidine groups is 1. The second-order valence-corrected chi connectivity index (χ2v) is 7.56. The summed E-state index contributed by atoms with van der Waals surface area (Å²) in [6.07, 6.45) is 4.94. The maximum atomic E-state index is 11.7. The Bertz CT molecular complexity index is 626. The highest BCUT2D eigenvalue weighted by atomic mass is 127. The van der Waals surface area contributed by atoms with Crippen molar-refractivity contribution in [2.75, 3.05) is 13.6 Å². The fourth-order valence-electron chi connectivity index (χ4n) is 2.65. The van der Waals surface area contributed by atoms with Crippen LogP contribution in [0.25, 0.3) is 0 Å². The van der Waals surface area contributed by atoms with Crippen molar-refractivity contribution in [3.05, 3.63) is 29.8 Å². The van der Waals surface area contributed by atoms with Crippen molar-refractivity contribution in [1.29, 1.82) is 0 Å². The summed E-state index contributed by atoms with van der Waals surface area (Å²) in [5, 5.41) is 6.72. The highest BCUT2D eigenvalue weighted by Crippen LogP contribution is 2.17. The molecule has 0 spiro atoms. The lowest BCUT2D eigenvalue weighted by atomic mass is 10.2. The molecule has 0 atom stereocenters. The second kappa shape index (κ2) is 10.2. The lowest BCUT2D eigenvalue weighted by molar-refractivity contribution is 0.588. The van der Waals surface area contributed by atoms with Crippen LogP contribution in [0.5, 0.6) is 0 Å². The summed E-state index contributed by atoms with van der Waals surface area (Å²) >= 11 is 0. The molecule has 8 heteroatoms. The zero-order chi connectivity index (χ0) is 16.7. The van der Waals surface area contributed by atoms with Crippen LogP contribution in [-0.2, 0) is 16.6 Å². The van der Waals surface area contributed by atoms with Crippen molar-refractivity contribution in [1.82, 2.24) is 15.4 Å². The highest BCUT2D eigenvalue weighted by molar-refractivity contribution is 14.0. The van der Waals surface area contributed by atoms with Crippen LogP contribution in [0.3, 0.4) is 0 Å². The maximum Gasteiger partial charge on any atom is 0.240 e. The average molecular weight is 466 g/mol. The molecule has 3 N–H and O–H groups in total. The SMILES string of the molecule is CCNC(=NCc1ccc(S(=O)(=O)NC)cc1)NC1CCCC1.I. The number of benzene rings is 1. The van der Waals surface area contributed by atoms with E-state index in [9.17, 15) is 8.42 Å². The molecule has 1 aromatic rings. The predicted octanol–water partition coefficient (Wildman–Crippen LogP) is 2.21. The Morgan fingerprint density at radius 1 is 1.21 bits per heavy atom. The number of hydrogen-bond acceptors (Lipinski definition) is 3. The van der Waals surface area contributed by atoms with Gasteiger partial charge >= 0.3 is 0 Å². The summed E-state index contributed by atoms with van der Waals surface area (Å²) in [6.45, 7) is 3.38. The lowest BCUT2D eigenvalue weighted by Crippen LogP contribution is -2.42. The van der Waals surface area contributed by atoms with Gasteiger partial charge < -0.3 is 10.6 Å². The molecular weight excluding hydrogens is 439 g/mol. The van der Waals surface area contributed by atoms with Gasteiger partial charge in [0.2, 0.25) is 10.0 Å². The van der Waals surface area contributed by atoms with Crippen molar-refractivity contribution < 1.29 is 8.42 Å². The number of aliphatic imine (C=N–C) groups is 1. The summed E-state index contributed by atoms with van der Waals surface area (Å²) in [5.74, 6) is 0.825. The quantitative estimate of drug-likeness (QED) is 0.341. The van der Waals surface area contributed by atoms with Crippen molar-refractivity contribution >= 4 is 40.0 Å². The molecule has 0 bridgehead atoms. The molecule has 24 heavy (non-hydrogen) atoms. The Kier molecular flexibility index (Phi) is 8.99. The van der Waals surface area contributed by atoms with Crippen molar-refractivity contribution in [2.45, 2.75) is 50.1 Å². The van der Waals surface area contributed by atoms with E-state index in [-0.39, 0.29) is 28.9 Å². The molecule has 1 aromatic carbocycles. The number of halogens is 1. The summed E-state index contributed by atoms with van der Waals surface area (Å²) in [6, 6.07) is 7.32. The third-order valence-electron chi connectivity index (χ3n) is 3.96. The first-order valence-electron chi connectivity index (χ1n) is 8.12. The Morgan fingerprint density at radius 2 is 1.83 bits per heavy atom. The molecule has 0 heterocycles. The van der Waals surface area contributed by atoms with E-state index < -0.39 is 10.0 Å². The lowest BCUT2D eigenvalue weighted by Gasteiger charge is -2.16. The summed E-state index contributed by atoms with van der Waals surface area (Å²) in [7, 11) is -1.97. The van der Waals surface area contributed by atoms with Gasteiger partial charge in [0.25, 0.3) is 0 Å². The molecule has 1 aliphatic rings. The molecule has 0 saturated heterocycles. The van der Waals surface area contributed by atoms with E-state index >= 15 is 0 Å². The first-order valence-corrected chi connectivity index (χ1v) is 9.61. The van der Waals surface area contributed by atoms with E-state index in [4.69, 9.17) is 0 Å². The minimum Gasteiger partial charge on any atom is -0.357 e. The number of nitrogens with zero attached hydrogens (tertiary/aromatic N) is 1. The Balaban J connectivity index is 0.00000288. The van der Waals surface area contributed by atoms with Gasteiger partial charge in [-0.2, -0.15) is 0 Å². The standard InChI is InChI=1S/C16H26N4O2S.HI/c1-3-18-16(20-14-6-4-5-7-14)19-12-13-8-10-15(11-9-13)23(21,22)17-2;/h8-11,14,17H,3-7,12H2,1-2H3,(H2,18,19,20);1H. The van der Waals surface area contributed by atoms with E-state index in [0.29, 0.717) is 12.6 Å². The Hall–Kier alpha value is -0.870. The first-order chi connectivity index (χ1) is 11.0. The van der Waals surface area contributed by atoms with Gasteiger partial charge in [0, 0.05) is 12.6 Å². The van der Waals surface area contributed by atoms with Gasteiger partial charge in [-0.1, -0.05) is 25.0 Å². The molecule has 0 aromatic heterocycles. The molecule has 2 rings (SSSR count). The number of sulfonamides is 1. The van der Waals surface area contributed by atoms with E-state index in [1.54, 1.807) is 24.3 Å². The highest BCUT2D eigenvalue weighted by Gasteiger charge is 2.15. The number of hydrogen-bond donors (Lipinski definition) is 3. The van der Waals surface area contributed by atoms with E-state index in [0.717, 1.165) is 18.1 Å². The van der Waals surface area contributed by atoms with Crippen LogP contribution in [0, 0.1) is 0 Å². The minimum atomic E-state index is -3.38. The predicted molar refractivity (Wildman–Crippen MR) is 108 cm³/mol. The molecule has 1 fully saturated rings.